The Morgan fingerprint density at radius 2 is 1.22 bits per heavy atom. The fourth-order valence-electron chi connectivity index (χ4n) is 3.03. The minimum absolute atomic E-state index is 0.142. The fourth-order valence-corrected chi connectivity index (χ4v) is 3.03. The van der Waals surface area contributed by atoms with E-state index in [9.17, 15) is 4.79 Å². The minimum atomic E-state index is -1.23. The van der Waals surface area contributed by atoms with Gasteiger partial charge in [-0.2, -0.15) is 0 Å². The maximum Gasteiger partial charge on any atom is 0.305 e. The van der Waals surface area contributed by atoms with Gasteiger partial charge in [0.15, 0.2) is 0 Å². The molecule has 5 heteroatoms. The highest BCUT2D eigenvalue weighted by Crippen LogP contribution is 2.14. The lowest BCUT2D eigenvalue weighted by Gasteiger charge is -2.23. The second kappa shape index (κ2) is 17.4. The Kier molecular flexibility index (Phi) is 17.0. The lowest BCUT2D eigenvalue weighted by atomic mass is 10.0. The first-order valence-electron chi connectivity index (χ1n) is 11.1. The van der Waals surface area contributed by atoms with E-state index in [1.807, 2.05) is 0 Å². The molecule has 0 aromatic carbocycles. The normalized spacial score (nSPS) is 11.9. The van der Waals surface area contributed by atoms with E-state index in [4.69, 9.17) is 20.7 Å². The summed E-state index contributed by atoms with van der Waals surface area (Å²) in [4.78, 5) is 11.6. The van der Waals surface area contributed by atoms with Crippen LogP contribution >= 0.6 is 0 Å². The van der Waals surface area contributed by atoms with Gasteiger partial charge in [0.2, 0.25) is 0 Å². The van der Waals surface area contributed by atoms with Crippen LogP contribution in [0.5, 0.6) is 0 Å². The molecule has 0 aromatic heterocycles. The highest BCUT2D eigenvalue weighted by molar-refractivity contribution is 5.69. The molecular weight excluding hydrogens is 342 g/mol. The predicted octanol–water partition coefficient (Wildman–Crippen LogP) is 4.33. The van der Waals surface area contributed by atoms with Gasteiger partial charge in [-0.05, 0) is 12.3 Å². The molecule has 0 saturated carbocycles. The molecule has 0 heterocycles. The van der Waals surface area contributed by atoms with Crippen molar-refractivity contribution in [2.75, 3.05) is 19.8 Å². The molecule has 0 bridgehead atoms. The van der Waals surface area contributed by atoms with E-state index in [2.05, 4.69) is 13.8 Å². The molecule has 0 aliphatic rings. The van der Waals surface area contributed by atoms with Gasteiger partial charge in [-0.3, -0.25) is 4.79 Å². The molecule has 0 aliphatic carbocycles. The number of unbranched alkanes of at least 4 members (excludes halogenated alkanes) is 11. The number of hydrogen-bond acceptors (Lipinski definition) is 5. The van der Waals surface area contributed by atoms with Crippen molar-refractivity contribution >= 4 is 5.97 Å². The van der Waals surface area contributed by atoms with E-state index < -0.39 is 18.8 Å². The summed E-state index contributed by atoms with van der Waals surface area (Å²) in [6.07, 6.45) is 16.9. The van der Waals surface area contributed by atoms with E-state index in [0.29, 0.717) is 6.42 Å². The highest BCUT2D eigenvalue weighted by Gasteiger charge is 2.25. The molecule has 0 atom stereocenters. The number of aliphatic hydroxyl groups is 2. The van der Waals surface area contributed by atoms with Crippen molar-refractivity contribution in [2.24, 2.45) is 11.7 Å². The predicted molar refractivity (Wildman–Crippen MR) is 112 cm³/mol. The van der Waals surface area contributed by atoms with Crippen LogP contribution in [0, 0.1) is 5.92 Å². The van der Waals surface area contributed by atoms with Crippen molar-refractivity contribution < 1.29 is 19.7 Å². The van der Waals surface area contributed by atoms with E-state index >= 15 is 0 Å². The maximum atomic E-state index is 11.6. The van der Waals surface area contributed by atoms with Crippen LogP contribution in [0.3, 0.4) is 0 Å². The first kappa shape index (κ1) is 26.4. The molecule has 0 aromatic rings. The second-order valence-corrected chi connectivity index (χ2v) is 8.51. The number of ether oxygens (including phenoxy) is 1. The molecule has 0 spiro atoms. The van der Waals surface area contributed by atoms with Crippen LogP contribution in [-0.4, -0.2) is 41.5 Å². The topological polar surface area (TPSA) is 92.8 Å². The third kappa shape index (κ3) is 17.2. The van der Waals surface area contributed by atoms with Crippen LogP contribution < -0.4 is 5.73 Å². The van der Waals surface area contributed by atoms with Crippen LogP contribution in [0.4, 0.5) is 0 Å². The molecule has 0 amide bonds. The van der Waals surface area contributed by atoms with Gasteiger partial charge < -0.3 is 20.7 Å². The van der Waals surface area contributed by atoms with Gasteiger partial charge >= 0.3 is 5.97 Å². The zero-order valence-corrected chi connectivity index (χ0v) is 17.9. The number of carbonyl (C=O) groups excluding carboxylic acids is 1. The summed E-state index contributed by atoms with van der Waals surface area (Å²) >= 11 is 0. The summed E-state index contributed by atoms with van der Waals surface area (Å²) in [7, 11) is 0. The molecule has 4 N–H and O–H groups in total. The average Bonchev–Trinajstić information content (AvgIpc) is 2.66. The summed E-state index contributed by atoms with van der Waals surface area (Å²) in [5, 5.41) is 18.1. The quantitative estimate of drug-likeness (QED) is 0.227. The van der Waals surface area contributed by atoms with E-state index in [1.165, 1.54) is 64.2 Å². The molecule has 0 aliphatic heterocycles. The lowest BCUT2D eigenvalue weighted by molar-refractivity contribution is -0.146. The smallest absolute Gasteiger partial charge is 0.305 e. The van der Waals surface area contributed by atoms with Gasteiger partial charge in [0, 0.05) is 6.42 Å². The summed E-state index contributed by atoms with van der Waals surface area (Å²) < 4.78 is 5.02. The zero-order chi connectivity index (χ0) is 20.4. The zero-order valence-electron chi connectivity index (χ0n) is 17.9. The van der Waals surface area contributed by atoms with Crippen molar-refractivity contribution in [1.82, 2.24) is 0 Å². The third-order valence-corrected chi connectivity index (χ3v) is 5.06. The van der Waals surface area contributed by atoms with Gasteiger partial charge in [-0.25, -0.2) is 0 Å². The Hall–Kier alpha value is -0.650. The van der Waals surface area contributed by atoms with E-state index in [-0.39, 0.29) is 12.6 Å². The fraction of sp³-hybridized carbons (Fsp3) is 0.955. The van der Waals surface area contributed by atoms with Gasteiger partial charge in [0.05, 0.1) is 18.8 Å². The van der Waals surface area contributed by atoms with Crippen molar-refractivity contribution in [1.29, 1.82) is 0 Å². The molecule has 0 fully saturated rings. The highest BCUT2D eigenvalue weighted by atomic mass is 16.5. The Bertz CT molecular complexity index is 343. The first-order valence-corrected chi connectivity index (χ1v) is 11.1. The van der Waals surface area contributed by atoms with Gasteiger partial charge in [0.25, 0.3) is 0 Å². The van der Waals surface area contributed by atoms with Crippen LogP contribution in [0.15, 0.2) is 0 Å². The Morgan fingerprint density at radius 1 is 0.815 bits per heavy atom. The Morgan fingerprint density at radius 3 is 1.63 bits per heavy atom. The van der Waals surface area contributed by atoms with Crippen LogP contribution in [0.2, 0.25) is 0 Å². The molecule has 27 heavy (non-hydrogen) atoms. The summed E-state index contributed by atoms with van der Waals surface area (Å²) in [6.45, 7) is 3.64. The van der Waals surface area contributed by atoms with E-state index in [1.54, 1.807) is 0 Å². The summed E-state index contributed by atoms with van der Waals surface area (Å²) in [5.74, 6) is 0.540. The molecule has 0 radical (unpaired) electrons. The standard InChI is InChI=1S/C22H45NO4/c1-20(2)15-13-11-9-7-5-3-4-6-8-10-12-14-16-21(26)27-19-22(23,17-24)18-25/h20,24-25H,3-19,23H2,1-2H3. The van der Waals surface area contributed by atoms with Crippen molar-refractivity contribution in [3.63, 3.8) is 0 Å². The number of carbonyl (C=O) groups is 1. The van der Waals surface area contributed by atoms with Crippen LogP contribution in [-0.2, 0) is 9.53 Å². The summed E-state index contributed by atoms with van der Waals surface area (Å²) in [5.41, 5.74) is 4.42. The molecule has 5 nitrogen and oxygen atoms in total. The molecule has 162 valence electrons. The van der Waals surface area contributed by atoms with Gasteiger partial charge in [-0.1, -0.05) is 90.9 Å². The van der Waals surface area contributed by atoms with Gasteiger partial charge in [0.1, 0.15) is 6.61 Å². The van der Waals surface area contributed by atoms with Crippen molar-refractivity contribution in [3.8, 4) is 0 Å². The van der Waals surface area contributed by atoms with E-state index in [0.717, 1.165) is 25.2 Å². The largest absolute Gasteiger partial charge is 0.464 e. The van der Waals surface area contributed by atoms with Crippen molar-refractivity contribution in [2.45, 2.75) is 109 Å². The first-order chi connectivity index (χ1) is 12.9. The maximum absolute atomic E-state index is 11.6. The van der Waals surface area contributed by atoms with Crippen molar-refractivity contribution in [3.05, 3.63) is 0 Å². The van der Waals surface area contributed by atoms with Crippen LogP contribution in [0.1, 0.15) is 104 Å². The number of esters is 1. The molecule has 0 saturated heterocycles. The molecular formula is C22H45NO4. The third-order valence-electron chi connectivity index (χ3n) is 5.06. The number of aliphatic hydroxyl groups excluding tert-OH is 2. The minimum Gasteiger partial charge on any atom is -0.464 e. The van der Waals surface area contributed by atoms with Gasteiger partial charge in [-0.15, -0.1) is 0 Å². The lowest BCUT2D eigenvalue weighted by Crippen LogP contribution is -2.51. The Labute approximate surface area is 167 Å². The number of rotatable bonds is 19. The molecule has 0 unspecified atom stereocenters. The average molecular weight is 388 g/mol. The summed E-state index contributed by atoms with van der Waals surface area (Å²) in [6, 6.07) is 0. The molecule has 0 rings (SSSR count). The number of hydrogen-bond donors (Lipinski definition) is 3. The monoisotopic (exact) mass is 387 g/mol. The number of nitrogens with two attached hydrogens (primary N) is 1. The van der Waals surface area contributed by atoms with Crippen LogP contribution in [0.25, 0.3) is 0 Å². The SMILES string of the molecule is CC(C)CCCCCCCCCCCCCCC(=O)OCC(N)(CO)CO. The Balaban J connectivity index is 3.30. The second-order valence-electron chi connectivity index (χ2n) is 8.51.